The van der Waals surface area contributed by atoms with Crippen molar-refractivity contribution in [3.05, 3.63) is 60.2 Å². The topological polar surface area (TPSA) is 78.8 Å². The Bertz CT molecular complexity index is 983. The molecule has 6 nitrogen and oxygen atoms in total. The number of hydrazone groups is 1. The molecule has 0 saturated carbocycles. The lowest BCUT2D eigenvalue weighted by Crippen LogP contribution is -2.42. The van der Waals surface area contributed by atoms with E-state index < -0.39 is 0 Å². The number of likely N-dealkylation sites (tertiary alicyclic amines) is 1. The van der Waals surface area contributed by atoms with Gasteiger partial charge in [-0.2, -0.15) is 5.10 Å². The minimum absolute atomic E-state index is 0.0523. The molecule has 1 N–H and O–H groups in total. The van der Waals surface area contributed by atoms with Crippen LogP contribution in [0.15, 0.2) is 59.7 Å². The second kappa shape index (κ2) is 9.69. The van der Waals surface area contributed by atoms with Crippen LogP contribution in [0.2, 0.25) is 0 Å². The first-order valence-electron chi connectivity index (χ1n) is 10.9. The van der Waals surface area contributed by atoms with Gasteiger partial charge in [0, 0.05) is 43.1 Å². The molecule has 2 aromatic rings. The molecule has 31 heavy (non-hydrogen) atoms. The molecule has 0 aromatic heterocycles. The highest BCUT2D eigenvalue weighted by Crippen LogP contribution is 2.24. The first-order valence-corrected chi connectivity index (χ1v) is 10.9. The fourth-order valence-corrected chi connectivity index (χ4v) is 4.21. The molecule has 0 aliphatic carbocycles. The highest BCUT2D eigenvalue weighted by atomic mass is 16.2. The van der Waals surface area contributed by atoms with Crippen molar-refractivity contribution in [3.63, 3.8) is 0 Å². The monoisotopic (exact) mass is 417 g/mol. The number of carbonyl (C=O) groups is 3. The van der Waals surface area contributed by atoms with E-state index in [-0.39, 0.29) is 23.5 Å². The lowest BCUT2D eigenvalue weighted by Gasteiger charge is -2.32. The Hall–Kier alpha value is -3.28. The first-order chi connectivity index (χ1) is 15.1. The van der Waals surface area contributed by atoms with E-state index in [1.165, 1.54) is 0 Å². The van der Waals surface area contributed by atoms with Gasteiger partial charge in [0.2, 0.25) is 11.8 Å². The Labute approximate surface area is 182 Å². The molecule has 1 fully saturated rings. The van der Waals surface area contributed by atoms with Crippen LogP contribution in [0.1, 0.15) is 48.9 Å². The molecule has 2 amide bonds. The van der Waals surface area contributed by atoms with E-state index in [9.17, 15) is 14.4 Å². The highest BCUT2D eigenvalue weighted by Gasteiger charge is 2.29. The summed E-state index contributed by atoms with van der Waals surface area (Å²) in [6.07, 6.45) is 3.59. The lowest BCUT2D eigenvalue weighted by molar-refractivity contribution is -0.132. The number of ketones is 1. The molecule has 160 valence electrons. The quantitative estimate of drug-likeness (QED) is 0.726. The van der Waals surface area contributed by atoms with Gasteiger partial charge in [-0.25, -0.2) is 5.43 Å². The summed E-state index contributed by atoms with van der Waals surface area (Å²) < 4.78 is 0. The van der Waals surface area contributed by atoms with E-state index in [1.54, 1.807) is 0 Å². The van der Waals surface area contributed by atoms with E-state index in [4.69, 9.17) is 0 Å². The second-order valence-electron chi connectivity index (χ2n) is 8.20. The van der Waals surface area contributed by atoms with Gasteiger partial charge in [0.05, 0.1) is 0 Å². The largest absolute Gasteiger partial charge is 0.342 e. The zero-order valence-electron chi connectivity index (χ0n) is 17.5. The van der Waals surface area contributed by atoms with E-state index in [1.807, 2.05) is 59.5 Å². The van der Waals surface area contributed by atoms with Crippen molar-refractivity contribution in [2.75, 3.05) is 13.1 Å². The van der Waals surface area contributed by atoms with Gasteiger partial charge < -0.3 is 4.90 Å². The summed E-state index contributed by atoms with van der Waals surface area (Å²) in [4.78, 5) is 38.7. The number of Topliss-reactive ketones (excluding diaryl/α,β-unsaturated/α-hetero) is 1. The number of rotatable bonds is 6. The van der Waals surface area contributed by atoms with Crippen LogP contribution in [0.3, 0.4) is 0 Å². The number of hydrogen-bond acceptors (Lipinski definition) is 4. The number of amides is 2. The maximum absolute atomic E-state index is 13.1. The fraction of sp³-hybridized carbons (Fsp3) is 0.360. The van der Waals surface area contributed by atoms with Gasteiger partial charge in [-0.3, -0.25) is 14.4 Å². The number of hydrogen-bond donors (Lipinski definition) is 1. The van der Waals surface area contributed by atoms with E-state index in [0.717, 1.165) is 29.7 Å². The Morgan fingerprint density at radius 1 is 1.00 bits per heavy atom. The van der Waals surface area contributed by atoms with Crippen LogP contribution in [0, 0.1) is 5.92 Å². The molecule has 4 rings (SSSR count). The molecule has 2 aliphatic rings. The molecule has 0 spiro atoms. The van der Waals surface area contributed by atoms with Crippen molar-refractivity contribution < 1.29 is 14.4 Å². The summed E-state index contributed by atoms with van der Waals surface area (Å²) in [5.41, 5.74) is 6.23. The molecule has 0 unspecified atom stereocenters. The number of benzene rings is 2. The van der Waals surface area contributed by atoms with Crippen LogP contribution in [0.4, 0.5) is 0 Å². The smallest absolute Gasteiger partial charge is 0.240 e. The molecule has 2 aromatic carbocycles. The molecular weight excluding hydrogens is 390 g/mol. The Balaban J connectivity index is 1.34. The number of nitrogens with zero attached hydrogens (tertiary/aromatic N) is 2. The van der Waals surface area contributed by atoms with Crippen molar-refractivity contribution in [2.24, 2.45) is 11.0 Å². The third kappa shape index (κ3) is 5.26. The molecule has 1 atom stereocenters. The van der Waals surface area contributed by atoms with Crippen molar-refractivity contribution in [3.8, 4) is 11.1 Å². The van der Waals surface area contributed by atoms with Crippen LogP contribution in [-0.4, -0.2) is 41.3 Å². The maximum Gasteiger partial charge on any atom is 0.240 e. The predicted octanol–water partition coefficient (Wildman–Crippen LogP) is 3.82. The predicted molar refractivity (Wildman–Crippen MR) is 120 cm³/mol. The third-order valence-electron chi connectivity index (χ3n) is 6.03. The number of piperidine rings is 1. The Kier molecular flexibility index (Phi) is 6.55. The minimum atomic E-state index is -0.161. The zero-order chi connectivity index (χ0) is 21.6. The SMILES string of the molecule is O=C1CCC(CCC(=O)N2CCC[C@H](C(=O)c3ccc(-c4ccccc4)cc3)C2)=NN1. The molecule has 0 bridgehead atoms. The summed E-state index contributed by atoms with van der Waals surface area (Å²) in [6, 6.07) is 17.8. The molecule has 2 aliphatic heterocycles. The fourth-order valence-electron chi connectivity index (χ4n) is 4.21. The summed E-state index contributed by atoms with van der Waals surface area (Å²) in [6.45, 7) is 1.17. The third-order valence-corrected chi connectivity index (χ3v) is 6.03. The van der Waals surface area contributed by atoms with Crippen LogP contribution < -0.4 is 5.43 Å². The summed E-state index contributed by atoms with van der Waals surface area (Å²) >= 11 is 0. The van der Waals surface area contributed by atoms with Crippen LogP contribution in [-0.2, 0) is 9.59 Å². The number of nitrogens with one attached hydrogen (secondary N) is 1. The molecule has 1 saturated heterocycles. The van der Waals surface area contributed by atoms with Crippen LogP contribution in [0.25, 0.3) is 11.1 Å². The highest BCUT2D eigenvalue weighted by molar-refractivity contribution is 5.99. The van der Waals surface area contributed by atoms with Gasteiger partial charge in [-0.15, -0.1) is 0 Å². The van der Waals surface area contributed by atoms with E-state index in [0.29, 0.717) is 44.3 Å². The van der Waals surface area contributed by atoms with Gasteiger partial charge in [0.1, 0.15) is 0 Å². The van der Waals surface area contributed by atoms with Gasteiger partial charge in [0.15, 0.2) is 5.78 Å². The van der Waals surface area contributed by atoms with Crippen LogP contribution in [0.5, 0.6) is 0 Å². The molecular formula is C25H27N3O3. The minimum Gasteiger partial charge on any atom is -0.342 e. The van der Waals surface area contributed by atoms with Crippen molar-refractivity contribution in [2.45, 2.75) is 38.5 Å². The molecule has 6 heteroatoms. The van der Waals surface area contributed by atoms with Gasteiger partial charge in [-0.1, -0.05) is 54.6 Å². The normalized spacial score (nSPS) is 18.8. The van der Waals surface area contributed by atoms with Crippen LogP contribution >= 0.6 is 0 Å². The Morgan fingerprint density at radius 3 is 2.45 bits per heavy atom. The van der Waals surface area contributed by atoms with Gasteiger partial charge in [-0.05, 0) is 36.8 Å². The number of carbonyl (C=O) groups excluding carboxylic acids is 3. The molecule has 2 heterocycles. The maximum atomic E-state index is 13.1. The van der Waals surface area contributed by atoms with E-state index in [2.05, 4.69) is 10.5 Å². The summed E-state index contributed by atoms with van der Waals surface area (Å²) in [5, 5.41) is 4.03. The lowest BCUT2D eigenvalue weighted by atomic mass is 9.89. The average Bonchev–Trinajstić information content (AvgIpc) is 2.84. The first kappa shape index (κ1) is 21.0. The standard InChI is InChI=1S/C25H27N3O3/c29-23-14-12-22(26-27-23)13-15-24(30)28-16-4-7-21(17-28)25(31)20-10-8-19(9-11-20)18-5-2-1-3-6-18/h1-3,5-6,8-11,21H,4,7,12-17H2,(H,27,29)/t21-/m0/s1. The van der Waals surface area contributed by atoms with Crippen molar-refractivity contribution in [1.29, 1.82) is 0 Å². The van der Waals surface area contributed by atoms with Crippen molar-refractivity contribution in [1.82, 2.24) is 10.3 Å². The Morgan fingerprint density at radius 2 is 1.74 bits per heavy atom. The summed E-state index contributed by atoms with van der Waals surface area (Å²) in [5.74, 6) is -0.0798. The van der Waals surface area contributed by atoms with Gasteiger partial charge >= 0.3 is 0 Å². The zero-order valence-corrected chi connectivity index (χ0v) is 17.5. The second-order valence-corrected chi connectivity index (χ2v) is 8.20. The summed E-state index contributed by atoms with van der Waals surface area (Å²) in [7, 11) is 0. The van der Waals surface area contributed by atoms with Gasteiger partial charge in [0.25, 0.3) is 0 Å². The average molecular weight is 418 g/mol. The molecule has 0 radical (unpaired) electrons. The van der Waals surface area contributed by atoms with Crippen molar-refractivity contribution >= 4 is 23.3 Å². The van der Waals surface area contributed by atoms with E-state index >= 15 is 0 Å².